The number of nitrogens with two attached hydrogens (primary N) is 1. The Hall–Kier alpha value is -2.11. The van der Waals surface area contributed by atoms with Crippen molar-refractivity contribution in [3.8, 4) is 0 Å². The Morgan fingerprint density at radius 3 is 2.56 bits per heavy atom. The van der Waals surface area contributed by atoms with Crippen molar-refractivity contribution < 1.29 is 14.5 Å². The maximum Gasteiger partial charge on any atom is 0.340 e. The Bertz CT molecular complexity index is 429. The quantitative estimate of drug-likeness (QED) is 0.365. The molecule has 0 heterocycles. The molecule has 0 unspecified atom stereocenters. The van der Waals surface area contributed by atoms with Gasteiger partial charge in [-0.05, 0) is 19.9 Å². The van der Waals surface area contributed by atoms with Crippen LogP contribution in [0.3, 0.4) is 0 Å². The van der Waals surface area contributed by atoms with E-state index < -0.39 is 10.9 Å². The number of nitro benzene ring substituents is 1. The zero-order chi connectivity index (χ0) is 12.3. The molecule has 1 aromatic carbocycles. The molecule has 0 atom stereocenters. The number of ether oxygens (including phenoxy) is 1. The third kappa shape index (κ3) is 2.69. The van der Waals surface area contributed by atoms with E-state index in [4.69, 9.17) is 10.5 Å². The fourth-order valence-corrected chi connectivity index (χ4v) is 1.13. The Kier molecular flexibility index (Phi) is 3.44. The van der Waals surface area contributed by atoms with Gasteiger partial charge in [0.2, 0.25) is 0 Å². The highest BCUT2D eigenvalue weighted by atomic mass is 16.6. The number of hydrogen-bond acceptors (Lipinski definition) is 5. The van der Waals surface area contributed by atoms with E-state index in [1.54, 1.807) is 13.8 Å². The second-order valence-corrected chi connectivity index (χ2v) is 3.48. The summed E-state index contributed by atoms with van der Waals surface area (Å²) in [6.45, 7) is 3.42. The predicted molar refractivity (Wildman–Crippen MR) is 58.1 cm³/mol. The summed E-state index contributed by atoms with van der Waals surface area (Å²) in [4.78, 5) is 21.4. The highest BCUT2D eigenvalue weighted by molar-refractivity contribution is 5.95. The van der Waals surface area contributed by atoms with Gasteiger partial charge in [-0.2, -0.15) is 0 Å². The van der Waals surface area contributed by atoms with Crippen LogP contribution in [0.25, 0.3) is 0 Å². The fourth-order valence-electron chi connectivity index (χ4n) is 1.13. The van der Waals surface area contributed by atoms with Crippen LogP contribution in [-0.2, 0) is 4.74 Å². The van der Waals surface area contributed by atoms with Crippen LogP contribution in [0.1, 0.15) is 24.2 Å². The van der Waals surface area contributed by atoms with E-state index >= 15 is 0 Å². The van der Waals surface area contributed by atoms with Crippen molar-refractivity contribution in [3.63, 3.8) is 0 Å². The van der Waals surface area contributed by atoms with Gasteiger partial charge in [0.15, 0.2) is 0 Å². The normalized spacial score (nSPS) is 10.2. The molecule has 0 aliphatic carbocycles. The molecule has 6 nitrogen and oxygen atoms in total. The van der Waals surface area contributed by atoms with Crippen LogP contribution >= 0.6 is 0 Å². The van der Waals surface area contributed by atoms with Gasteiger partial charge in [0.1, 0.15) is 0 Å². The van der Waals surface area contributed by atoms with E-state index in [1.807, 2.05) is 0 Å². The maximum absolute atomic E-state index is 11.5. The van der Waals surface area contributed by atoms with Crippen molar-refractivity contribution in [2.45, 2.75) is 20.0 Å². The van der Waals surface area contributed by atoms with Crippen LogP contribution in [0.4, 0.5) is 11.4 Å². The van der Waals surface area contributed by atoms with Gasteiger partial charge in [-0.1, -0.05) is 0 Å². The topological polar surface area (TPSA) is 95.5 Å². The van der Waals surface area contributed by atoms with E-state index in [0.717, 1.165) is 6.07 Å². The van der Waals surface area contributed by atoms with E-state index in [9.17, 15) is 14.9 Å². The smallest absolute Gasteiger partial charge is 0.340 e. The number of nitro groups is 1. The second kappa shape index (κ2) is 4.61. The molecule has 0 aromatic heterocycles. The molecule has 16 heavy (non-hydrogen) atoms. The van der Waals surface area contributed by atoms with Crippen molar-refractivity contribution in [3.05, 3.63) is 33.9 Å². The summed E-state index contributed by atoms with van der Waals surface area (Å²) in [7, 11) is 0. The first kappa shape index (κ1) is 12.0. The minimum atomic E-state index is -0.581. The molecule has 0 aliphatic rings. The maximum atomic E-state index is 11.5. The molecule has 2 N–H and O–H groups in total. The van der Waals surface area contributed by atoms with Gasteiger partial charge < -0.3 is 10.5 Å². The SMILES string of the molecule is CC(C)OC(=O)c1ccc([N+](=O)[O-])cc1N. The Labute approximate surface area is 92.2 Å². The number of rotatable bonds is 3. The molecule has 6 heteroatoms. The Balaban J connectivity index is 2.99. The molecule has 0 saturated carbocycles. The first-order valence-corrected chi connectivity index (χ1v) is 4.66. The highest BCUT2D eigenvalue weighted by Crippen LogP contribution is 2.20. The van der Waals surface area contributed by atoms with Crippen LogP contribution in [0, 0.1) is 10.1 Å². The zero-order valence-electron chi connectivity index (χ0n) is 8.97. The van der Waals surface area contributed by atoms with Crippen LogP contribution in [0.15, 0.2) is 18.2 Å². The first-order chi connectivity index (χ1) is 7.41. The summed E-state index contributed by atoms with van der Waals surface area (Å²) in [5.74, 6) is -0.581. The number of non-ortho nitro benzene ring substituents is 1. The summed E-state index contributed by atoms with van der Waals surface area (Å²) in [5.41, 5.74) is 5.56. The van der Waals surface area contributed by atoms with E-state index in [1.165, 1.54) is 12.1 Å². The molecule has 0 aliphatic heterocycles. The predicted octanol–water partition coefficient (Wildman–Crippen LogP) is 1.74. The van der Waals surface area contributed by atoms with Crippen molar-refractivity contribution in [2.75, 3.05) is 5.73 Å². The molecule has 1 aromatic rings. The Morgan fingerprint density at radius 1 is 1.50 bits per heavy atom. The molecular weight excluding hydrogens is 212 g/mol. The minimum absolute atomic E-state index is 0.0415. The summed E-state index contributed by atoms with van der Waals surface area (Å²) in [5, 5.41) is 10.4. The number of anilines is 1. The number of nitrogens with zero attached hydrogens (tertiary/aromatic N) is 1. The summed E-state index contributed by atoms with van der Waals surface area (Å²) >= 11 is 0. The van der Waals surface area contributed by atoms with Crippen LogP contribution in [-0.4, -0.2) is 17.0 Å². The second-order valence-electron chi connectivity index (χ2n) is 3.48. The molecule has 0 amide bonds. The lowest BCUT2D eigenvalue weighted by molar-refractivity contribution is -0.384. The van der Waals surface area contributed by atoms with E-state index in [0.29, 0.717) is 0 Å². The Morgan fingerprint density at radius 2 is 2.12 bits per heavy atom. The number of esters is 1. The van der Waals surface area contributed by atoms with Crippen molar-refractivity contribution >= 4 is 17.3 Å². The lowest BCUT2D eigenvalue weighted by Gasteiger charge is -2.09. The molecule has 1 rings (SSSR count). The van der Waals surface area contributed by atoms with Gasteiger partial charge in [-0.15, -0.1) is 0 Å². The van der Waals surface area contributed by atoms with Crippen molar-refractivity contribution in [2.24, 2.45) is 0 Å². The first-order valence-electron chi connectivity index (χ1n) is 4.66. The molecule has 0 fully saturated rings. The summed E-state index contributed by atoms with van der Waals surface area (Å²) < 4.78 is 4.93. The van der Waals surface area contributed by atoms with Gasteiger partial charge in [-0.25, -0.2) is 4.79 Å². The minimum Gasteiger partial charge on any atom is -0.459 e. The number of carbonyl (C=O) groups excluding carboxylic acids is 1. The number of carbonyl (C=O) groups is 1. The van der Waals surface area contributed by atoms with Crippen LogP contribution in [0.5, 0.6) is 0 Å². The number of nitrogen functional groups attached to an aromatic ring is 1. The van der Waals surface area contributed by atoms with Crippen LogP contribution in [0.2, 0.25) is 0 Å². The largest absolute Gasteiger partial charge is 0.459 e. The molecule has 0 radical (unpaired) electrons. The molecule has 86 valence electrons. The molecule has 0 spiro atoms. The average molecular weight is 224 g/mol. The lowest BCUT2D eigenvalue weighted by atomic mass is 10.1. The van der Waals surface area contributed by atoms with Gasteiger partial charge in [0.25, 0.3) is 5.69 Å². The van der Waals surface area contributed by atoms with Crippen molar-refractivity contribution in [1.29, 1.82) is 0 Å². The third-order valence-electron chi connectivity index (χ3n) is 1.81. The van der Waals surface area contributed by atoms with E-state index in [2.05, 4.69) is 0 Å². The van der Waals surface area contributed by atoms with Gasteiger partial charge in [0.05, 0.1) is 22.3 Å². The molecule has 0 bridgehead atoms. The number of hydrogen-bond donors (Lipinski definition) is 1. The van der Waals surface area contributed by atoms with Gasteiger partial charge in [0, 0.05) is 12.1 Å². The van der Waals surface area contributed by atoms with Crippen molar-refractivity contribution in [1.82, 2.24) is 0 Å². The highest BCUT2D eigenvalue weighted by Gasteiger charge is 2.16. The van der Waals surface area contributed by atoms with Gasteiger partial charge >= 0.3 is 5.97 Å². The van der Waals surface area contributed by atoms with Gasteiger partial charge in [-0.3, -0.25) is 10.1 Å². The van der Waals surface area contributed by atoms with E-state index in [-0.39, 0.29) is 23.0 Å². The summed E-state index contributed by atoms with van der Waals surface area (Å²) in [6, 6.07) is 3.64. The number of benzene rings is 1. The fraction of sp³-hybridized carbons (Fsp3) is 0.300. The van der Waals surface area contributed by atoms with Crippen LogP contribution < -0.4 is 5.73 Å². The standard InChI is InChI=1S/C10H12N2O4/c1-6(2)16-10(13)8-4-3-7(12(14)15)5-9(8)11/h3-6H,11H2,1-2H3. The lowest BCUT2D eigenvalue weighted by Crippen LogP contribution is -2.13. The molecular formula is C10H12N2O4. The monoisotopic (exact) mass is 224 g/mol. The average Bonchev–Trinajstić information content (AvgIpc) is 2.15. The molecule has 0 saturated heterocycles. The third-order valence-corrected chi connectivity index (χ3v) is 1.81. The summed E-state index contributed by atoms with van der Waals surface area (Å²) in [6.07, 6.45) is -0.262. The zero-order valence-corrected chi connectivity index (χ0v) is 8.97.